The molecule has 1 unspecified atom stereocenters. The third kappa shape index (κ3) is 37.5. The molecule has 268 valence electrons. The van der Waals surface area contributed by atoms with Crippen LogP contribution in [0.2, 0.25) is 0 Å². The van der Waals surface area contributed by atoms with Gasteiger partial charge in [-0.2, -0.15) is 0 Å². The van der Waals surface area contributed by atoms with Gasteiger partial charge in [-0.05, 0) is 38.5 Å². The molecule has 0 aliphatic rings. The smallest absolute Gasteiger partial charge is 0.306 e. The first-order valence-electron chi connectivity index (χ1n) is 20.3. The van der Waals surface area contributed by atoms with Crippen LogP contribution in [0.25, 0.3) is 0 Å². The van der Waals surface area contributed by atoms with Gasteiger partial charge in [-0.25, -0.2) is 0 Å². The first kappa shape index (κ1) is 44.1. The fourth-order valence-electron chi connectivity index (χ4n) is 6.03. The van der Waals surface area contributed by atoms with E-state index in [2.05, 4.69) is 26.0 Å². The summed E-state index contributed by atoms with van der Waals surface area (Å²) in [6.45, 7) is 5.37. The van der Waals surface area contributed by atoms with Gasteiger partial charge in [0.1, 0.15) is 6.10 Å². The van der Waals surface area contributed by atoms with E-state index in [1.165, 1.54) is 180 Å². The van der Waals surface area contributed by atoms with Gasteiger partial charge in [0.15, 0.2) is 0 Å². The molecule has 45 heavy (non-hydrogen) atoms. The minimum atomic E-state index is -0.531. The van der Waals surface area contributed by atoms with E-state index in [1.54, 1.807) is 0 Å². The molecule has 0 saturated heterocycles. The monoisotopic (exact) mass is 637 g/mol. The zero-order chi connectivity index (χ0) is 32.7. The molecule has 1 N–H and O–H groups in total. The number of hydrogen-bond donors (Lipinski definition) is 1. The first-order chi connectivity index (χ1) is 22.2. The summed E-state index contributed by atoms with van der Waals surface area (Å²) >= 11 is 0. The van der Waals surface area contributed by atoms with Crippen LogP contribution in [0, 0.1) is 0 Å². The molecule has 0 saturated carbocycles. The molecular formula is C41H80O4. The summed E-state index contributed by atoms with van der Waals surface area (Å²) in [7, 11) is 0. The van der Waals surface area contributed by atoms with Crippen molar-refractivity contribution in [3.05, 3.63) is 12.2 Å². The number of unbranched alkanes of at least 4 members (excludes halogenated alkanes) is 28. The summed E-state index contributed by atoms with van der Waals surface area (Å²) in [6.07, 6.45) is 45.5. The SMILES string of the molecule is CCCCCCCC/C=C\CCCCCCCC(=O)OC(CO)COCCCCCCCCCCCCCCCCCCCC. The van der Waals surface area contributed by atoms with Crippen molar-refractivity contribution in [1.82, 2.24) is 0 Å². The zero-order valence-electron chi connectivity index (χ0n) is 30.7. The van der Waals surface area contributed by atoms with Gasteiger partial charge < -0.3 is 14.6 Å². The van der Waals surface area contributed by atoms with Gasteiger partial charge in [0.25, 0.3) is 0 Å². The summed E-state index contributed by atoms with van der Waals surface area (Å²) in [5.41, 5.74) is 0. The number of carbonyl (C=O) groups excluding carboxylic acids is 1. The van der Waals surface area contributed by atoms with Crippen molar-refractivity contribution in [3.63, 3.8) is 0 Å². The van der Waals surface area contributed by atoms with E-state index in [-0.39, 0.29) is 12.6 Å². The maximum absolute atomic E-state index is 12.2. The summed E-state index contributed by atoms with van der Waals surface area (Å²) < 4.78 is 11.1. The van der Waals surface area contributed by atoms with E-state index in [0.717, 1.165) is 19.3 Å². The van der Waals surface area contributed by atoms with Gasteiger partial charge in [-0.3, -0.25) is 4.79 Å². The standard InChI is InChI=1S/C41H80O4/c1-3-5-7-9-11-13-15-17-19-20-21-23-25-27-29-31-33-35-37-44-39-40(38-42)45-41(43)36-34-32-30-28-26-24-22-18-16-14-12-10-8-6-4-2/h18,22,40,42H,3-17,19-21,23-39H2,1-2H3/b22-18-. The lowest BCUT2D eigenvalue weighted by Gasteiger charge is -2.15. The first-order valence-corrected chi connectivity index (χ1v) is 20.3. The molecule has 0 aromatic rings. The van der Waals surface area contributed by atoms with Gasteiger partial charge in [-0.15, -0.1) is 0 Å². The van der Waals surface area contributed by atoms with Crippen molar-refractivity contribution in [3.8, 4) is 0 Å². The normalized spacial score (nSPS) is 12.3. The quantitative estimate of drug-likeness (QED) is 0.0416. The highest BCUT2D eigenvalue weighted by Gasteiger charge is 2.13. The Kier molecular flexibility index (Phi) is 38.5. The second kappa shape index (κ2) is 39.3. The second-order valence-electron chi connectivity index (χ2n) is 13.7. The number of aliphatic hydroxyl groups is 1. The molecule has 0 aromatic heterocycles. The molecule has 0 heterocycles. The van der Waals surface area contributed by atoms with E-state index in [0.29, 0.717) is 19.6 Å². The van der Waals surface area contributed by atoms with Crippen LogP contribution in [0.1, 0.15) is 219 Å². The van der Waals surface area contributed by atoms with Crippen LogP contribution in [-0.2, 0) is 14.3 Å². The minimum Gasteiger partial charge on any atom is -0.457 e. The molecule has 0 amide bonds. The highest BCUT2D eigenvalue weighted by Crippen LogP contribution is 2.15. The Labute approximate surface area is 282 Å². The predicted molar refractivity (Wildman–Crippen MR) is 196 cm³/mol. The fraction of sp³-hybridized carbons (Fsp3) is 0.927. The molecule has 0 fully saturated rings. The third-order valence-corrected chi connectivity index (χ3v) is 9.09. The number of carbonyl (C=O) groups is 1. The Balaban J connectivity index is 3.39. The average Bonchev–Trinajstić information content (AvgIpc) is 3.05. The lowest BCUT2D eigenvalue weighted by Crippen LogP contribution is -2.27. The van der Waals surface area contributed by atoms with E-state index in [1.807, 2.05) is 0 Å². The van der Waals surface area contributed by atoms with E-state index >= 15 is 0 Å². The van der Waals surface area contributed by atoms with Crippen LogP contribution >= 0.6 is 0 Å². The lowest BCUT2D eigenvalue weighted by atomic mass is 10.0. The molecule has 0 aliphatic carbocycles. The number of hydrogen-bond acceptors (Lipinski definition) is 4. The molecule has 0 aliphatic heterocycles. The van der Waals surface area contributed by atoms with Crippen molar-refractivity contribution in [2.45, 2.75) is 225 Å². The number of esters is 1. The van der Waals surface area contributed by atoms with Crippen molar-refractivity contribution in [1.29, 1.82) is 0 Å². The van der Waals surface area contributed by atoms with Gasteiger partial charge in [0, 0.05) is 13.0 Å². The maximum Gasteiger partial charge on any atom is 0.306 e. The highest BCUT2D eigenvalue weighted by atomic mass is 16.6. The lowest BCUT2D eigenvalue weighted by molar-refractivity contribution is -0.154. The molecule has 0 bridgehead atoms. The van der Waals surface area contributed by atoms with Gasteiger partial charge in [0.2, 0.25) is 0 Å². The Morgan fingerprint density at radius 3 is 1.27 bits per heavy atom. The molecule has 4 nitrogen and oxygen atoms in total. The van der Waals surface area contributed by atoms with Crippen LogP contribution < -0.4 is 0 Å². The Morgan fingerprint density at radius 2 is 0.867 bits per heavy atom. The van der Waals surface area contributed by atoms with E-state index in [9.17, 15) is 9.90 Å². The number of ether oxygens (including phenoxy) is 2. The molecule has 0 rings (SSSR count). The maximum atomic E-state index is 12.2. The van der Waals surface area contributed by atoms with Crippen LogP contribution in [0.4, 0.5) is 0 Å². The largest absolute Gasteiger partial charge is 0.457 e. The fourth-order valence-corrected chi connectivity index (χ4v) is 6.03. The third-order valence-electron chi connectivity index (χ3n) is 9.09. The molecule has 1 atom stereocenters. The molecule has 4 heteroatoms. The summed E-state index contributed by atoms with van der Waals surface area (Å²) in [6, 6.07) is 0. The number of allylic oxidation sites excluding steroid dienone is 2. The van der Waals surface area contributed by atoms with Crippen LogP contribution in [0.5, 0.6) is 0 Å². The Bertz CT molecular complexity index is 590. The highest BCUT2D eigenvalue weighted by molar-refractivity contribution is 5.69. The van der Waals surface area contributed by atoms with Gasteiger partial charge in [-0.1, -0.05) is 187 Å². The molecule has 0 aromatic carbocycles. The topological polar surface area (TPSA) is 55.8 Å². The Morgan fingerprint density at radius 1 is 0.511 bits per heavy atom. The summed E-state index contributed by atoms with van der Waals surface area (Å²) in [4.78, 5) is 12.2. The molecule has 0 spiro atoms. The van der Waals surface area contributed by atoms with Crippen LogP contribution in [0.15, 0.2) is 12.2 Å². The van der Waals surface area contributed by atoms with E-state index < -0.39 is 6.10 Å². The van der Waals surface area contributed by atoms with Gasteiger partial charge >= 0.3 is 5.97 Å². The van der Waals surface area contributed by atoms with Crippen molar-refractivity contribution >= 4 is 5.97 Å². The zero-order valence-corrected chi connectivity index (χ0v) is 30.7. The molecular weight excluding hydrogens is 556 g/mol. The van der Waals surface area contributed by atoms with Crippen molar-refractivity contribution in [2.75, 3.05) is 19.8 Å². The average molecular weight is 637 g/mol. The number of rotatable bonds is 38. The second-order valence-corrected chi connectivity index (χ2v) is 13.7. The van der Waals surface area contributed by atoms with Crippen LogP contribution in [-0.4, -0.2) is 37.0 Å². The number of aliphatic hydroxyl groups excluding tert-OH is 1. The van der Waals surface area contributed by atoms with Crippen molar-refractivity contribution < 1.29 is 19.4 Å². The van der Waals surface area contributed by atoms with Gasteiger partial charge in [0.05, 0.1) is 13.2 Å². The molecule has 0 radical (unpaired) electrons. The summed E-state index contributed by atoms with van der Waals surface area (Å²) in [5.74, 6) is -0.205. The minimum absolute atomic E-state index is 0.169. The summed E-state index contributed by atoms with van der Waals surface area (Å²) in [5, 5.41) is 9.57. The van der Waals surface area contributed by atoms with Crippen molar-refractivity contribution in [2.24, 2.45) is 0 Å². The van der Waals surface area contributed by atoms with E-state index in [4.69, 9.17) is 9.47 Å². The van der Waals surface area contributed by atoms with Crippen LogP contribution in [0.3, 0.4) is 0 Å². The Hall–Kier alpha value is -0.870. The predicted octanol–water partition coefficient (Wildman–Crippen LogP) is 13.0.